The number of rotatable bonds is 5. The smallest absolute Gasteiger partial charge is 0.260 e. The molecule has 8 heteroatoms. The minimum absolute atomic E-state index is 0.109. The van der Waals surface area contributed by atoms with Crippen molar-refractivity contribution in [3.63, 3.8) is 0 Å². The molecule has 0 radical (unpaired) electrons. The fourth-order valence-corrected chi connectivity index (χ4v) is 1.37. The molecule has 0 aromatic carbocycles. The van der Waals surface area contributed by atoms with E-state index in [-0.39, 0.29) is 12.4 Å². The number of carbonyl (C=O) groups is 1. The van der Waals surface area contributed by atoms with Crippen LogP contribution in [-0.2, 0) is 11.3 Å². The van der Waals surface area contributed by atoms with Crippen LogP contribution in [-0.4, -0.2) is 40.6 Å². The van der Waals surface area contributed by atoms with E-state index in [9.17, 15) is 14.9 Å². The fraction of sp³-hybridized carbons (Fsp3) is 0.300. The summed E-state index contributed by atoms with van der Waals surface area (Å²) in [6.07, 6.45) is 2.10. The fourth-order valence-electron chi connectivity index (χ4n) is 1.13. The number of likely N-dealkylation sites (N-methyl/N-ethyl adjacent to an activating group) is 1. The van der Waals surface area contributed by atoms with Crippen LogP contribution in [0, 0.1) is 10.1 Å². The molecule has 1 aromatic rings. The Bertz CT molecular complexity index is 461. The van der Waals surface area contributed by atoms with E-state index < -0.39 is 11.5 Å². The molecule has 0 atom stereocenters. The predicted octanol–water partition coefficient (Wildman–Crippen LogP) is 1.11. The van der Waals surface area contributed by atoms with Crippen LogP contribution in [0.1, 0.15) is 5.56 Å². The topological polar surface area (TPSA) is 88.7 Å². The molecule has 1 amide bonds. The zero-order valence-electron chi connectivity index (χ0n) is 9.62. The van der Waals surface area contributed by atoms with Gasteiger partial charge in [0.25, 0.3) is 6.54 Å². The number of halogens is 1. The molecule has 0 spiro atoms. The highest BCUT2D eigenvalue weighted by Gasteiger charge is 2.12. The van der Waals surface area contributed by atoms with Crippen LogP contribution in [0.25, 0.3) is 0 Å². The van der Waals surface area contributed by atoms with Gasteiger partial charge in [-0.2, -0.15) is 0 Å². The Morgan fingerprint density at radius 1 is 1.67 bits per heavy atom. The molecule has 1 aromatic heterocycles. The van der Waals surface area contributed by atoms with E-state index in [1.54, 1.807) is 18.3 Å². The summed E-state index contributed by atoms with van der Waals surface area (Å²) in [5.74, 6) is 0.109. The summed E-state index contributed by atoms with van der Waals surface area (Å²) in [5, 5.41) is 10.4. The van der Waals surface area contributed by atoms with Gasteiger partial charge in [-0.3, -0.25) is 19.9 Å². The highest BCUT2D eigenvalue weighted by Crippen LogP contribution is 2.07. The number of hydrogen-bond donors (Lipinski definition) is 0. The summed E-state index contributed by atoms with van der Waals surface area (Å²) < 4.78 is 0.700. The maximum atomic E-state index is 10.6. The minimum Gasteiger partial charge on any atom is -0.301 e. The van der Waals surface area contributed by atoms with E-state index in [1.807, 2.05) is 0 Å². The lowest BCUT2D eigenvalue weighted by Crippen LogP contribution is -2.31. The summed E-state index contributed by atoms with van der Waals surface area (Å²) in [6, 6.07) is 3.55. The van der Waals surface area contributed by atoms with Gasteiger partial charge in [-0.1, -0.05) is 6.07 Å². The lowest BCUT2D eigenvalue weighted by atomic mass is 10.3. The largest absolute Gasteiger partial charge is 0.301 e. The van der Waals surface area contributed by atoms with E-state index in [4.69, 9.17) is 0 Å². The zero-order chi connectivity index (χ0) is 13.5. The molecule has 18 heavy (non-hydrogen) atoms. The molecule has 1 rings (SSSR count). The van der Waals surface area contributed by atoms with Crippen LogP contribution in [0.4, 0.5) is 0 Å². The van der Waals surface area contributed by atoms with E-state index in [1.165, 1.54) is 7.05 Å². The summed E-state index contributed by atoms with van der Waals surface area (Å²) in [6.45, 7) is -0.249. The molecule has 0 aliphatic heterocycles. The lowest BCUT2D eigenvalue weighted by Gasteiger charge is -2.10. The SMILES string of the molecule is CN(C=O)C(C[N+](=O)[O-])=NCc1ccc(Br)nc1. The van der Waals surface area contributed by atoms with Gasteiger partial charge in [0.1, 0.15) is 4.60 Å². The van der Waals surface area contributed by atoms with E-state index >= 15 is 0 Å². The van der Waals surface area contributed by atoms with Gasteiger partial charge >= 0.3 is 0 Å². The monoisotopic (exact) mass is 314 g/mol. The Kier molecular flexibility index (Phi) is 5.37. The van der Waals surface area contributed by atoms with Crippen molar-refractivity contribution in [2.75, 3.05) is 13.6 Å². The standard InChI is InChI=1S/C10H11BrN4O3/c1-14(7-16)10(6-15(17)18)13-5-8-2-3-9(11)12-4-8/h2-4,7H,5-6H2,1H3. The number of amidine groups is 1. The molecular formula is C10H11BrN4O3. The zero-order valence-corrected chi connectivity index (χ0v) is 11.2. The molecule has 0 fully saturated rings. The molecule has 0 aliphatic rings. The van der Waals surface area contributed by atoms with Gasteiger partial charge in [0.05, 0.1) is 6.54 Å². The Hall–Kier alpha value is -1.83. The second-order valence-electron chi connectivity index (χ2n) is 3.43. The first-order valence-corrected chi connectivity index (χ1v) is 5.76. The van der Waals surface area contributed by atoms with Gasteiger partial charge in [0, 0.05) is 18.2 Å². The van der Waals surface area contributed by atoms with Gasteiger partial charge in [-0.25, -0.2) is 4.98 Å². The number of nitro groups is 1. The van der Waals surface area contributed by atoms with Crippen molar-refractivity contribution in [3.05, 3.63) is 38.6 Å². The van der Waals surface area contributed by atoms with Crippen molar-refractivity contribution < 1.29 is 9.72 Å². The molecule has 0 N–H and O–H groups in total. The molecule has 0 saturated carbocycles. The molecule has 0 saturated heterocycles. The Balaban J connectivity index is 2.78. The summed E-state index contributed by atoms with van der Waals surface area (Å²) in [7, 11) is 1.43. The van der Waals surface area contributed by atoms with Crippen LogP contribution in [0.2, 0.25) is 0 Å². The molecular weight excluding hydrogens is 304 g/mol. The van der Waals surface area contributed by atoms with Crippen LogP contribution in [0.15, 0.2) is 27.9 Å². The summed E-state index contributed by atoms with van der Waals surface area (Å²) in [4.78, 5) is 29.7. The molecule has 0 aliphatic carbocycles. The minimum atomic E-state index is -0.529. The quantitative estimate of drug-likeness (QED) is 0.203. The van der Waals surface area contributed by atoms with E-state index in [2.05, 4.69) is 25.9 Å². The average Bonchev–Trinajstić information content (AvgIpc) is 2.35. The van der Waals surface area contributed by atoms with Gasteiger partial charge in [0.15, 0.2) is 5.84 Å². The normalized spacial score (nSPS) is 11.1. The van der Waals surface area contributed by atoms with Crippen molar-refractivity contribution >= 4 is 28.2 Å². The van der Waals surface area contributed by atoms with Crippen LogP contribution >= 0.6 is 15.9 Å². The van der Waals surface area contributed by atoms with Crippen LogP contribution in [0.5, 0.6) is 0 Å². The second-order valence-corrected chi connectivity index (χ2v) is 4.24. The van der Waals surface area contributed by atoms with Gasteiger partial charge < -0.3 is 4.90 Å². The first-order chi connectivity index (χ1) is 8.52. The van der Waals surface area contributed by atoms with Gasteiger partial charge in [0.2, 0.25) is 6.41 Å². The predicted molar refractivity (Wildman–Crippen MR) is 68.8 cm³/mol. The molecule has 96 valence electrons. The molecule has 0 bridgehead atoms. The average molecular weight is 315 g/mol. The molecule has 0 unspecified atom stereocenters. The van der Waals surface area contributed by atoms with Gasteiger partial charge in [-0.15, -0.1) is 0 Å². The first-order valence-electron chi connectivity index (χ1n) is 4.96. The number of hydrogen-bond acceptors (Lipinski definition) is 5. The molecule has 1 heterocycles. The highest BCUT2D eigenvalue weighted by atomic mass is 79.9. The first kappa shape index (κ1) is 14.2. The van der Waals surface area contributed by atoms with Crippen LogP contribution < -0.4 is 0 Å². The third-order valence-corrected chi connectivity index (χ3v) is 2.54. The van der Waals surface area contributed by atoms with E-state index in [0.717, 1.165) is 10.5 Å². The highest BCUT2D eigenvalue weighted by molar-refractivity contribution is 9.10. The van der Waals surface area contributed by atoms with Crippen molar-refractivity contribution in [1.29, 1.82) is 0 Å². The number of amides is 1. The van der Waals surface area contributed by atoms with Gasteiger partial charge in [-0.05, 0) is 27.6 Å². The third kappa shape index (κ3) is 4.58. The third-order valence-electron chi connectivity index (χ3n) is 2.07. The number of aliphatic imine (C=N–C) groups is 1. The maximum Gasteiger partial charge on any atom is 0.260 e. The number of aromatic nitrogens is 1. The Morgan fingerprint density at radius 2 is 2.39 bits per heavy atom. The number of carbonyl (C=O) groups excluding carboxylic acids is 1. The number of pyridine rings is 1. The maximum absolute atomic E-state index is 10.6. The van der Waals surface area contributed by atoms with Crippen molar-refractivity contribution in [3.8, 4) is 0 Å². The van der Waals surface area contributed by atoms with Crippen molar-refractivity contribution in [2.45, 2.75) is 6.54 Å². The summed E-state index contributed by atoms with van der Waals surface area (Å²) >= 11 is 3.20. The molecule has 7 nitrogen and oxygen atoms in total. The van der Waals surface area contributed by atoms with Crippen molar-refractivity contribution in [2.24, 2.45) is 4.99 Å². The van der Waals surface area contributed by atoms with Crippen molar-refractivity contribution in [1.82, 2.24) is 9.88 Å². The Labute approximate surface area is 112 Å². The summed E-state index contributed by atoms with van der Waals surface area (Å²) in [5.41, 5.74) is 0.804. The lowest BCUT2D eigenvalue weighted by molar-refractivity contribution is -0.464. The Morgan fingerprint density at radius 3 is 2.89 bits per heavy atom. The number of nitrogens with zero attached hydrogens (tertiary/aromatic N) is 4. The van der Waals surface area contributed by atoms with E-state index in [0.29, 0.717) is 11.0 Å². The van der Waals surface area contributed by atoms with Crippen LogP contribution in [0.3, 0.4) is 0 Å². The second kappa shape index (κ2) is 6.80.